The molecule has 0 N–H and O–H groups in total. The summed E-state index contributed by atoms with van der Waals surface area (Å²) in [5.74, 6) is 1.59. The van der Waals surface area contributed by atoms with Gasteiger partial charge in [0, 0.05) is 29.5 Å². The topological polar surface area (TPSA) is 55.3 Å². The lowest BCUT2D eigenvalue weighted by atomic mass is 10.1. The molecule has 0 fully saturated rings. The van der Waals surface area contributed by atoms with Gasteiger partial charge in [-0.1, -0.05) is 17.4 Å². The molecule has 2 heterocycles. The zero-order valence-electron chi connectivity index (χ0n) is 18.4. The van der Waals surface area contributed by atoms with Crippen molar-refractivity contribution >= 4 is 44.4 Å². The first-order chi connectivity index (χ1) is 15.5. The summed E-state index contributed by atoms with van der Waals surface area (Å²) >= 11 is 3.25. The molecule has 2 aromatic carbocycles. The quantitative estimate of drug-likeness (QED) is 0.299. The first kappa shape index (κ1) is 22.3. The number of carbonyl (C=O) groups is 1. The third-order valence-electron chi connectivity index (χ3n) is 5.07. The van der Waals surface area contributed by atoms with Gasteiger partial charge in [-0.05, 0) is 73.0 Å². The summed E-state index contributed by atoms with van der Waals surface area (Å²) in [5, 5.41) is 0.741. The Morgan fingerprint density at radius 3 is 2.56 bits per heavy atom. The highest BCUT2D eigenvalue weighted by Gasteiger charge is 2.21. The second kappa shape index (κ2) is 10.1. The van der Waals surface area contributed by atoms with Gasteiger partial charge in [0.2, 0.25) is 5.91 Å². The van der Waals surface area contributed by atoms with Crippen LogP contribution < -0.4 is 9.64 Å². The highest BCUT2D eigenvalue weighted by molar-refractivity contribution is 7.99. The fourth-order valence-electron chi connectivity index (χ4n) is 3.48. The van der Waals surface area contributed by atoms with Crippen molar-refractivity contribution in [2.75, 3.05) is 17.8 Å². The number of thioether (sulfide) groups is 1. The molecule has 0 aliphatic carbocycles. The zero-order valence-corrected chi connectivity index (χ0v) is 20.0. The molecule has 1 amide bonds. The van der Waals surface area contributed by atoms with Gasteiger partial charge < -0.3 is 4.74 Å². The van der Waals surface area contributed by atoms with Crippen LogP contribution in [0.2, 0.25) is 0 Å². The van der Waals surface area contributed by atoms with Gasteiger partial charge in [0.15, 0.2) is 5.13 Å². The summed E-state index contributed by atoms with van der Waals surface area (Å²) < 4.78 is 6.34. The Morgan fingerprint density at radius 2 is 1.84 bits per heavy atom. The standard InChI is InChI=1S/C25H25N3O2S2/c1-17-14-18(2)24-22(15-17)27-25(32-24)28(16-19-8-11-26-12-9-19)23(29)10-13-31-21-6-4-20(30-3)5-7-21/h4-9,11-12,14-15H,10,13,16H2,1-3H3. The van der Waals surface area contributed by atoms with Gasteiger partial charge in [0.05, 0.1) is 23.9 Å². The van der Waals surface area contributed by atoms with Crippen molar-refractivity contribution < 1.29 is 9.53 Å². The lowest BCUT2D eigenvalue weighted by Crippen LogP contribution is -2.30. The van der Waals surface area contributed by atoms with Crippen LogP contribution in [0.15, 0.2) is 65.8 Å². The first-order valence-electron chi connectivity index (χ1n) is 10.4. The molecule has 0 atom stereocenters. The molecular weight excluding hydrogens is 438 g/mol. The Kier molecular flexibility index (Phi) is 7.07. The minimum absolute atomic E-state index is 0.0660. The number of aromatic nitrogens is 2. The molecule has 7 heteroatoms. The number of hydrogen-bond acceptors (Lipinski definition) is 6. The van der Waals surface area contributed by atoms with E-state index in [1.807, 2.05) is 41.3 Å². The van der Waals surface area contributed by atoms with Gasteiger partial charge in [-0.15, -0.1) is 11.8 Å². The number of aryl methyl sites for hydroxylation is 2. The minimum Gasteiger partial charge on any atom is -0.497 e. The number of thiazole rings is 1. The number of amides is 1. The Morgan fingerprint density at radius 1 is 1.09 bits per heavy atom. The molecule has 0 radical (unpaired) electrons. The molecule has 0 aliphatic heterocycles. The summed E-state index contributed by atoms with van der Waals surface area (Å²) in [5.41, 5.74) is 4.34. The second-order valence-corrected chi connectivity index (χ2v) is 9.68. The molecule has 0 aliphatic rings. The number of fused-ring (bicyclic) bond motifs is 1. The van der Waals surface area contributed by atoms with Crippen LogP contribution in [0.3, 0.4) is 0 Å². The van der Waals surface area contributed by atoms with E-state index in [4.69, 9.17) is 9.72 Å². The number of anilines is 1. The van der Waals surface area contributed by atoms with Crippen LogP contribution in [0, 0.1) is 13.8 Å². The van der Waals surface area contributed by atoms with Crippen LogP contribution in [-0.4, -0.2) is 28.7 Å². The van der Waals surface area contributed by atoms with E-state index in [0.717, 1.165) is 31.6 Å². The van der Waals surface area contributed by atoms with E-state index in [0.29, 0.717) is 18.7 Å². The average Bonchev–Trinajstić information content (AvgIpc) is 3.22. The van der Waals surface area contributed by atoms with Gasteiger partial charge >= 0.3 is 0 Å². The number of benzene rings is 2. The summed E-state index contributed by atoms with van der Waals surface area (Å²) in [7, 11) is 1.66. The van der Waals surface area contributed by atoms with Crippen molar-refractivity contribution in [2.45, 2.75) is 31.7 Å². The number of pyridine rings is 1. The number of nitrogens with zero attached hydrogens (tertiary/aromatic N) is 3. The molecule has 0 spiro atoms. The molecule has 32 heavy (non-hydrogen) atoms. The van der Waals surface area contributed by atoms with E-state index in [-0.39, 0.29) is 5.91 Å². The smallest absolute Gasteiger partial charge is 0.229 e. The Labute approximate surface area is 196 Å². The van der Waals surface area contributed by atoms with E-state index in [2.05, 4.69) is 31.0 Å². The van der Waals surface area contributed by atoms with Crippen molar-refractivity contribution in [1.29, 1.82) is 0 Å². The van der Waals surface area contributed by atoms with Crippen LogP contribution >= 0.6 is 23.1 Å². The van der Waals surface area contributed by atoms with Crippen LogP contribution in [0.1, 0.15) is 23.1 Å². The first-order valence-corrected chi connectivity index (χ1v) is 12.2. The van der Waals surface area contributed by atoms with E-state index in [1.165, 1.54) is 11.1 Å². The van der Waals surface area contributed by atoms with Crippen LogP contribution in [-0.2, 0) is 11.3 Å². The minimum atomic E-state index is 0.0660. The van der Waals surface area contributed by atoms with Crippen LogP contribution in [0.25, 0.3) is 10.2 Å². The zero-order chi connectivity index (χ0) is 22.5. The highest BCUT2D eigenvalue weighted by Crippen LogP contribution is 2.33. The van der Waals surface area contributed by atoms with E-state index < -0.39 is 0 Å². The molecule has 4 aromatic rings. The Bertz CT molecular complexity index is 1210. The van der Waals surface area contributed by atoms with Crippen molar-refractivity contribution in [3.05, 3.63) is 77.6 Å². The largest absolute Gasteiger partial charge is 0.497 e. The summed E-state index contributed by atoms with van der Waals surface area (Å²) in [6.07, 6.45) is 3.93. The van der Waals surface area contributed by atoms with E-state index >= 15 is 0 Å². The van der Waals surface area contributed by atoms with Gasteiger partial charge in [-0.2, -0.15) is 0 Å². The third kappa shape index (κ3) is 5.29. The third-order valence-corrected chi connectivity index (χ3v) is 7.32. The van der Waals surface area contributed by atoms with Gasteiger partial charge in [-0.3, -0.25) is 14.7 Å². The SMILES string of the molecule is COc1ccc(SCCC(=O)N(Cc2ccncc2)c2nc3cc(C)cc(C)c3s2)cc1. The molecule has 164 valence electrons. The van der Waals surface area contributed by atoms with Gasteiger partial charge in [-0.25, -0.2) is 4.98 Å². The fourth-order valence-corrected chi connectivity index (χ4v) is 5.35. The number of rotatable bonds is 8. The maximum absolute atomic E-state index is 13.3. The van der Waals surface area contributed by atoms with E-state index in [9.17, 15) is 4.79 Å². The Hall–Kier alpha value is -2.90. The molecule has 0 saturated heterocycles. The van der Waals surface area contributed by atoms with Crippen molar-refractivity contribution in [3.8, 4) is 5.75 Å². The highest BCUT2D eigenvalue weighted by atomic mass is 32.2. The number of carbonyl (C=O) groups excluding carboxylic acids is 1. The molecule has 0 saturated carbocycles. The number of ether oxygens (including phenoxy) is 1. The number of hydrogen-bond donors (Lipinski definition) is 0. The molecule has 0 bridgehead atoms. The molecule has 5 nitrogen and oxygen atoms in total. The predicted octanol–water partition coefficient (Wildman–Crippen LogP) is 6.03. The average molecular weight is 464 g/mol. The monoisotopic (exact) mass is 463 g/mol. The van der Waals surface area contributed by atoms with Crippen molar-refractivity contribution in [2.24, 2.45) is 0 Å². The normalized spacial score (nSPS) is 11.0. The Balaban J connectivity index is 1.53. The van der Waals surface area contributed by atoms with Crippen LogP contribution in [0.4, 0.5) is 5.13 Å². The van der Waals surface area contributed by atoms with Gasteiger partial charge in [0.1, 0.15) is 5.75 Å². The summed E-state index contributed by atoms with van der Waals surface area (Å²) in [4.78, 5) is 25.2. The number of methoxy groups -OCH3 is 1. The van der Waals surface area contributed by atoms with Crippen molar-refractivity contribution in [3.63, 3.8) is 0 Å². The lowest BCUT2D eigenvalue weighted by molar-refractivity contribution is -0.118. The molecule has 2 aromatic heterocycles. The molecule has 0 unspecified atom stereocenters. The fraction of sp³-hybridized carbons (Fsp3) is 0.240. The van der Waals surface area contributed by atoms with Crippen molar-refractivity contribution in [1.82, 2.24) is 9.97 Å². The maximum Gasteiger partial charge on any atom is 0.229 e. The second-order valence-electron chi connectivity index (χ2n) is 7.54. The molecule has 4 rings (SSSR count). The van der Waals surface area contributed by atoms with Gasteiger partial charge in [0.25, 0.3) is 0 Å². The lowest BCUT2D eigenvalue weighted by Gasteiger charge is -2.20. The summed E-state index contributed by atoms with van der Waals surface area (Å²) in [6, 6.07) is 16.0. The maximum atomic E-state index is 13.3. The van der Waals surface area contributed by atoms with Crippen LogP contribution in [0.5, 0.6) is 5.75 Å². The summed E-state index contributed by atoms with van der Waals surface area (Å²) in [6.45, 7) is 4.64. The molecular formula is C25H25N3O2S2. The predicted molar refractivity (Wildman–Crippen MR) is 133 cm³/mol. The van der Waals surface area contributed by atoms with E-state index in [1.54, 1.807) is 42.6 Å².